The molecule has 2 saturated heterocycles. The van der Waals surface area contributed by atoms with E-state index >= 15 is 0 Å². The largest absolute Gasteiger partial charge is 0.383 e. The van der Waals surface area contributed by atoms with Gasteiger partial charge in [0.05, 0.1) is 29.8 Å². The van der Waals surface area contributed by atoms with Gasteiger partial charge in [-0.1, -0.05) is 54.1 Å². The van der Waals surface area contributed by atoms with E-state index in [0.29, 0.717) is 43.3 Å². The number of aliphatic hydroxyl groups is 1. The van der Waals surface area contributed by atoms with Crippen LogP contribution in [0.4, 0.5) is 0 Å². The molecule has 0 aliphatic carbocycles. The van der Waals surface area contributed by atoms with E-state index in [1.807, 2.05) is 47.4 Å². The zero-order valence-electron chi connectivity index (χ0n) is 15.8. The number of amides is 1. The van der Waals surface area contributed by atoms with Crippen LogP contribution in [-0.4, -0.2) is 66.2 Å². The van der Waals surface area contributed by atoms with Gasteiger partial charge in [0.15, 0.2) is 0 Å². The number of piperidine rings is 1. The zero-order chi connectivity index (χ0) is 19.6. The maximum Gasteiger partial charge on any atom is 0.255 e. The van der Waals surface area contributed by atoms with Crippen LogP contribution in [-0.2, 0) is 10.3 Å². The van der Waals surface area contributed by atoms with Crippen LogP contribution >= 0.6 is 11.6 Å². The van der Waals surface area contributed by atoms with Gasteiger partial charge in [0.2, 0.25) is 0 Å². The highest BCUT2D eigenvalue weighted by molar-refractivity contribution is 6.33. The normalized spacial score (nSPS) is 26.2. The third kappa shape index (κ3) is 3.67. The molecule has 2 aromatic rings. The molecule has 0 aromatic heterocycles. The Morgan fingerprint density at radius 2 is 1.71 bits per heavy atom. The summed E-state index contributed by atoms with van der Waals surface area (Å²) in [5.74, 6) is -0.0843. The molecule has 1 amide bonds. The van der Waals surface area contributed by atoms with Gasteiger partial charge in [-0.3, -0.25) is 9.69 Å². The molecule has 0 bridgehead atoms. The molecular formula is C22H25ClN2O3. The molecule has 2 fully saturated rings. The first-order valence-corrected chi connectivity index (χ1v) is 10.1. The highest BCUT2D eigenvalue weighted by Gasteiger charge is 2.47. The lowest BCUT2D eigenvalue weighted by atomic mass is 9.79. The summed E-state index contributed by atoms with van der Waals surface area (Å²) in [5.41, 5.74) is 0.405. The lowest BCUT2D eigenvalue weighted by Crippen LogP contribution is -2.63. The van der Waals surface area contributed by atoms with E-state index in [0.717, 1.165) is 18.7 Å². The van der Waals surface area contributed by atoms with E-state index in [9.17, 15) is 9.90 Å². The summed E-state index contributed by atoms with van der Waals surface area (Å²) in [6.07, 6.45) is 0.481. The summed E-state index contributed by atoms with van der Waals surface area (Å²) in [7, 11) is 0. The van der Waals surface area contributed by atoms with Crippen LogP contribution in [0.2, 0.25) is 5.02 Å². The number of ether oxygens (including phenoxy) is 1. The van der Waals surface area contributed by atoms with E-state index in [2.05, 4.69) is 4.90 Å². The smallest absolute Gasteiger partial charge is 0.255 e. The van der Waals surface area contributed by atoms with Crippen molar-refractivity contribution in [1.29, 1.82) is 0 Å². The van der Waals surface area contributed by atoms with Crippen molar-refractivity contribution >= 4 is 17.5 Å². The third-order valence-electron chi connectivity index (χ3n) is 5.86. The van der Waals surface area contributed by atoms with E-state index in [1.165, 1.54) is 0 Å². The molecule has 148 valence electrons. The molecule has 2 atom stereocenters. The van der Waals surface area contributed by atoms with Crippen LogP contribution in [0, 0.1) is 0 Å². The van der Waals surface area contributed by atoms with Crippen molar-refractivity contribution in [2.75, 3.05) is 39.4 Å². The standard InChI is InChI=1S/C22H25ClN2O3/c23-19-9-5-4-8-18(19)21(26)25-11-10-22(27,17-6-2-1-3-7-17)20(16-25)24-12-14-28-15-13-24/h1-9,20,27H,10-16H2/t20-,22+/m1/s1. The highest BCUT2D eigenvalue weighted by Crippen LogP contribution is 2.37. The Morgan fingerprint density at radius 1 is 1.04 bits per heavy atom. The first kappa shape index (κ1) is 19.4. The Morgan fingerprint density at radius 3 is 2.43 bits per heavy atom. The number of likely N-dealkylation sites (tertiary alicyclic amines) is 1. The third-order valence-corrected chi connectivity index (χ3v) is 6.19. The fourth-order valence-electron chi connectivity index (χ4n) is 4.28. The molecule has 5 nitrogen and oxygen atoms in total. The number of carbonyl (C=O) groups excluding carboxylic acids is 1. The van der Waals surface area contributed by atoms with Crippen molar-refractivity contribution in [2.45, 2.75) is 18.1 Å². The highest BCUT2D eigenvalue weighted by atomic mass is 35.5. The first-order valence-electron chi connectivity index (χ1n) is 9.73. The molecule has 2 aliphatic heterocycles. The molecular weight excluding hydrogens is 376 g/mol. The quantitative estimate of drug-likeness (QED) is 0.860. The Hall–Kier alpha value is -1.92. The Kier molecular flexibility index (Phi) is 5.69. The van der Waals surface area contributed by atoms with Crippen LogP contribution in [0.1, 0.15) is 22.3 Å². The monoisotopic (exact) mass is 400 g/mol. The van der Waals surface area contributed by atoms with Gasteiger partial charge >= 0.3 is 0 Å². The molecule has 0 unspecified atom stereocenters. The van der Waals surface area contributed by atoms with Gasteiger partial charge in [-0.25, -0.2) is 0 Å². The van der Waals surface area contributed by atoms with Crippen molar-refractivity contribution in [3.8, 4) is 0 Å². The molecule has 28 heavy (non-hydrogen) atoms. The van der Waals surface area contributed by atoms with E-state index in [1.54, 1.807) is 12.1 Å². The lowest BCUT2D eigenvalue weighted by Gasteiger charge is -2.50. The van der Waals surface area contributed by atoms with Gasteiger partial charge in [0.1, 0.15) is 5.60 Å². The molecule has 2 aliphatic rings. The summed E-state index contributed by atoms with van der Waals surface area (Å²) in [6, 6.07) is 16.7. The number of morpholine rings is 1. The molecule has 6 heteroatoms. The second-order valence-electron chi connectivity index (χ2n) is 7.44. The molecule has 2 aromatic carbocycles. The zero-order valence-corrected chi connectivity index (χ0v) is 16.5. The van der Waals surface area contributed by atoms with Crippen molar-refractivity contribution in [2.24, 2.45) is 0 Å². The van der Waals surface area contributed by atoms with Crippen LogP contribution in [0.25, 0.3) is 0 Å². The average Bonchev–Trinajstić information content (AvgIpc) is 2.75. The molecule has 1 N–H and O–H groups in total. The minimum absolute atomic E-state index is 0.0843. The predicted molar refractivity (Wildman–Crippen MR) is 108 cm³/mol. The minimum Gasteiger partial charge on any atom is -0.383 e. The summed E-state index contributed by atoms with van der Waals surface area (Å²) in [4.78, 5) is 17.2. The van der Waals surface area contributed by atoms with Gasteiger partial charge < -0.3 is 14.7 Å². The van der Waals surface area contributed by atoms with Crippen molar-refractivity contribution in [3.05, 3.63) is 70.7 Å². The molecule has 0 spiro atoms. The van der Waals surface area contributed by atoms with Gasteiger partial charge in [-0.15, -0.1) is 0 Å². The number of nitrogens with zero attached hydrogens (tertiary/aromatic N) is 2. The van der Waals surface area contributed by atoms with Crippen molar-refractivity contribution in [1.82, 2.24) is 9.80 Å². The predicted octanol–water partition coefficient (Wildman–Crippen LogP) is 2.77. The van der Waals surface area contributed by atoms with Gasteiger partial charge in [0.25, 0.3) is 5.91 Å². The average molecular weight is 401 g/mol. The van der Waals surface area contributed by atoms with Crippen LogP contribution in [0.5, 0.6) is 0 Å². The fraction of sp³-hybridized carbons (Fsp3) is 0.409. The Bertz CT molecular complexity index is 826. The molecule has 0 radical (unpaired) electrons. The van der Waals surface area contributed by atoms with Gasteiger partial charge in [0, 0.05) is 26.2 Å². The first-order chi connectivity index (χ1) is 13.6. The van der Waals surface area contributed by atoms with Crippen LogP contribution in [0.3, 0.4) is 0 Å². The van der Waals surface area contributed by atoms with Crippen molar-refractivity contribution < 1.29 is 14.6 Å². The van der Waals surface area contributed by atoms with Gasteiger partial charge in [-0.05, 0) is 24.1 Å². The lowest BCUT2D eigenvalue weighted by molar-refractivity contribution is -0.112. The van der Waals surface area contributed by atoms with E-state index in [-0.39, 0.29) is 11.9 Å². The number of halogens is 1. The summed E-state index contributed by atoms with van der Waals surface area (Å²) >= 11 is 6.25. The maximum atomic E-state index is 13.1. The fourth-order valence-corrected chi connectivity index (χ4v) is 4.50. The second kappa shape index (κ2) is 8.21. The summed E-state index contributed by atoms with van der Waals surface area (Å²) in [6.45, 7) is 3.70. The number of hydrogen-bond donors (Lipinski definition) is 1. The van der Waals surface area contributed by atoms with Crippen LogP contribution in [0.15, 0.2) is 54.6 Å². The maximum absolute atomic E-state index is 13.1. The molecule has 4 rings (SSSR count). The number of benzene rings is 2. The number of hydrogen-bond acceptors (Lipinski definition) is 4. The summed E-state index contributed by atoms with van der Waals surface area (Å²) in [5, 5.41) is 12.2. The topological polar surface area (TPSA) is 53.0 Å². The number of rotatable bonds is 3. The van der Waals surface area contributed by atoms with Gasteiger partial charge in [-0.2, -0.15) is 0 Å². The molecule has 0 saturated carbocycles. The van der Waals surface area contributed by atoms with Crippen LogP contribution < -0.4 is 0 Å². The van der Waals surface area contributed by atoms with E-state index < -0.39 is 5.60 Å². The second-order valence-corrected chi connectivity index (χ2v) is 7.84. The number of carbonyl (C=O) groups is 1. The summed E-state index contributed by atoms with van der Waals surface area (Å²) < 4.78 is 5.50. The Balaban J connectivity index is 1.63. The SMILES string of the molecule is O=C(c1ccccc1Cl)N1CC[C@](O)(c2ccccc2)[C@H](N2CCOCC2)C1. The molecule has 2 heterocycles. The van der Waals surface area contributed by atoms with Crippen molar-refractivity contribution in [3.63, 3.8) is 0 Å². The Labute approximate surface area is 170 Å². The minimum atomic E-state index is -1.00. The van der Waals surface area contributed by atoms with E-state index in [4.69, 9.17) is 16.3 Å².